The minimum Gasteiger partial charge on any atom is -0.456 e. The van der Waals surface area contributed by atoms with Gasteiger partial charge in [-0.05, 0) is 41.5 Å². The number of hydrogen-bond acceptors (Lipinski definition) is 6. The van der Waals surface area contributed by atoms with Crippen molar-refractivity contribution in [3.8, 4) is 28.3 Å². The first-order valence-corrected chi connectivity index (χ1v) is 13.3. The second-order valence-corrected chi connectivity index (χ2v) is 10.4. The molecule has 3 saturated heterocycles. The van der Waals surface area contributed by atoms with Gasteiger partial charge in [0.15, 0.2) is 11.9 Å². The number of ether oxygens (including phenoxy) is 4. The van der Waals surface area contributed by atoms with E-state index in [0.29, 0.717) is 5.56 Å². The lowest BCUT2D eigenvalue weighted by atomic mass is 9.96. The number of fused-ring (bicyclic) bond motifs is 2. The molecule has 0 radical (unpaired) electrons. The van der Waals surface area contributed by atoms with Crippen molar-refractivity contribution in [2.45, 2.75) is 49.8 Å². The molecule has 2 N–H and O–H groups in total. The van der Waals surface area contributed by atoms with Gasteiger partial charge in [-0.25, -0.2) is 8.78 Å². The molecule has 0 aliphatic carbocycles. The van der Waals surface area contributed by atoms with E-state index in [1.807, 2.05) is 12.1 Å². The van der Waals surface area contributed by atoms with Crippen LogP contribution in [-0.2, 0) is 14.2 Å². The number of aromatic amines is 1. The second-order valence-electron chi connectivity index (χ2n) is 10.4. The van der Waals surface area contributed by atoms with Crippen LogP contribution in [0.3, 0.4) is 0 Å². The normalized spacial score (nSPS) is 26.7. The number of H-pyrrole nitrogens is 1. The molecule has 0 saturated carbocycles. The third-order valence-electron chi connectivity index (χ3n) is 7.86. The van der Waals surface area contributed by atoms with Crippen LogP contribution in [0, 0.1) is 11.6 Å². The van der Waals surface area contributed by atoms with E-state index in [1.54, 1.807) is 12.1 Å². The zero-order valence-electron chi connectivity index (χ0n) is 21.1. The summed E-state index contributed by atoms with van der Waals surface area (Å²) in [6, 6.07) is 16.7. The minimum atomic E-state index is -0.770. The average molecular weight is 535 g/mol. The first kappa shape index (κ1) is 24.7. The number of hydrogen-bond donors (Lipinski definition) is 2. The van der Waals surface area contributed by atoms with Gasteiger partial charge in [-0.15, -0.1) is 0 Å². The van der Waals surface area contributed by atoms with Crippen LogP contribution in [0.5, 0.6) is 6.01 Å². The number of benzene rings is 3. The van der Waals surface area contributed by atoms with Gasteiger partial charge in [-0.2, -0.15) is 4.98 Å². The Morgan fingerprint density at radius 2 is 1.59 bits per heavy atom. The Hall–Kier alpha value is -3.37. The molecule has 0 spiro atoms. The molecule has 202 valence electrons. The van der Waals surface area contributed by atoms with Gasteiger partial charge in [-0.1, -0.05) is 48.5 Å². The Bertz CT molecular complexity index is 1480. The zero-order chi connectivity index (χ0) is 26.5. The van der Waals surface area contributed by atoms with Crippen molar-refractivity contribution < 1.29 is 32.8 Å². The standard InChI is InChI=1S/C30H28F2N2O5/c31-20-13-21-27(34-30(33-21)39-24-15-38-28-22(35)14-37-29(24)28)26(32)25(20)19-10-6-17(7-11-19)16-4-8-18(9-5-16)23-3-1-2-12-36-23/h4-11,13,22-24,28-29,35H,1-3,12,14-15H2,(H,33,34)/t22-,23?,24-,28-,29-/m1/s1. The van der Waals surface area contributed by atoms with Crippen molar-refractivity contribution in [2.75, 3.05) is 19.8 Å². The number of imidazole rings is 1. The molecule has 3 aliphatic heterocycles. The molecule has 0 bridgehead atoms. The Morgan fingerprint density at radius 1 is 0.872 bits per heavy atom. The van der Waals surface area contributed by atoms with Gasteiger partial charge in [0.2, 0.25) is 0 Å². The van der Waals surface area contributed by atoms with E-state index in [2.05, 4.69) is 34.2 Å². The van der Waals surface area contributed by atoms with Crippen LogP contribution < -0.4 is 4.74 Å². The predicted octanol–water partition coefficient (Wildman–Crippen LogP) is 5.32. The highest BCUT2D eigenvalue weighted by Gasteiger charge is 2.48. The fourth-order valence-corrected chi connectivity index (χ4v) is 5.79. The largest absolute Gasteiger partial charge is 0.456 e. The van der Waals surface area contributed by atoms with Gasteiger partial charge in [-0.3, -0.25) is 0 Å². The monoisotopic (exact) mass is 534 g/mol. The summed E-state index contributed by atoms with van der Waals surface area (Å²) < 4.78 is 53.6. The van der Waals surface area contributed by atoms with Gasteiger partial charge in [0.25, 0.3) is 6.01 Å². The van der Waals surface area contributed by atoms with Crippen LogP contribution in [0.1, 0.15) is 30.9 Å². The van der Waals surface area contributed by atoms with Crippen molar-refractivity contribution in [1.29, 1.82) is 0 Å². The third kappa shape index (κ3) is 4.49. The molecule has 3 aliphatic rings. The van der Waals surface area contributed by atoms with E-state index < -0.39 is 36.1 Å². The number of aliphatic hydroxyl groups excluding tert-OH is 1. The third-order valence-corrected chi connectivity index (χ3v) is 7.86. The first-order valence-electron chi connectivity index (χ1n) is 13.3. The van der Waals surface area contributed by atoms with Crippen molar-refractivity contribution in [3.63, 3.8) is 0 Å². The highest BCUT2D eigenvalue weighted by atomic mass is 19.1. The quantitative estimate of drug-likeness (QED) is 0.360. The van der Waals surface area contributed by atoms with Gasteiger partial charge < -0.3 is 29.0 Å². The second kappa shape index (κ2) is 9.98. The number of aromatic nitrogens is 2. The average Bonchev–Trinajstić information content (AvgIpc) is 3.67. The summed E-state index contributed by atoms with van der Waals surface area (Å²) in [6.45, 7) is 1.17. The van der Waals surface area contributed by atoms with Gasteiger partial charge in [0.1, 0.15) is 29.6 Å². The summed E-state index contributed by atoms with van der Waals surface area (Å²) >= 11 is 0. The smallest absolute Gasteiger partial charge is 0.295 e. The maximum atomic E-state index is 15.6. The fraction of sp³-hybridized carbons (Fsp3) is 0.367. The summed E-state index contributed by atoms with van der Waals surface area (Å²) in [5, 5.41) is 9.92. The lowest BCUT2D eigenvalue weighted by Gasteiger charge is -2.23. The van der Waals surface area contributed by atoms with E-state index in [1.165, 1.54) is 18.1 Å². The summed E-state index contributed by atoms with van der Waals surface area (Å²) in [5.74, 6) is -1.47. The molecule has 1 aromatic heterocycles. The SMILES string of the molecule is O[C@@H]1CO[C@H]2[C@@H]1OC[C@H]2Oc1nc2c(F)c(-c3ccc(-c4ccc(C5CCCCO5)cc4)cc3)c(F)cc2[nH]1. The number of aliphatic hydroxyl groups is 1. The lowest BCUT2D eigenvalue weighted by molar-refractivity contribution is 0.00706. The summed E-state index contributed by atoms with van der Waals surface area (Å²) in [6.07, 6.45) is 1.34. The van der Waals surface area contributed by atoms with Crippen molar-refractivity contribution >= 4 is 11.0 Å². The highest BCUT2D eigenvalue weighted by Crippen LogP contribution is 2.35. The molecule has 3 aromatic carbocycles. The van der Waals surface area contributed by atoms with Gasteiger partial charge >= 0.3 is 0 Å². The number of halogens is 2. The van der Waals surface area contributed by atoms with Crippen LogP contribution in [-0.4, -0.2) is 59.3 Å². The van der Waals surface area contributed by atoms with Crippen LogP contribution >= 0.6 is 0 Å². The fourth-order valence-electron chi connectivity index (χ4n) is 5.79. The van der Waals surface area contributed by atoms with Crippen LogP contribution in [0.15, 0.2) is 54.6 Å². The van der Waals surface area contributed by atoms with E-state index >= 15 is 8.78 Å². The van der Waals surface area contributed by atoms with E-state index in [4.69, 9.17) is 18.9 Å². The minimum absolute atomic E-state index is 0.0196. The topological polar surface area (TPSA) is 85.8 Å². The van der Waals surface area contributed by atoms with Crippen LogP contribution in [0.4, 0.5) is 8.78 Å². The van der Waals surface area contributed by atoms with Crippen molar-refractivity contribution in [3.05, 3.63) is 71.8 Å². The van der Waals surface area contributed by atoms with Crippen molar-refractivity contribution in [2.24, 2.45) is 0 Å². The van der Waals surface area contributed by atoms with E-state index in [9.17, 15) is 5.11 Å². The number of rotatable bonds is 5. The molecule has 7 rings (SSSR count). The Labute approximate surface area is 223 Å². The molecule has 3 fully saturated rings. The molecule has 5 atom stereocenters. The van der Waals surface area contributed by atoms with Gasteiger partial charge in [0.05, 0.1) is 30.4 Å². The zero-order valence-corrected chi connectivity index (χ0v) is 21.1. The molecular weight excluding hydrogens is 506 g/mol. The van der Waals surface area contributed by atoms with E-state index in [-0.39, 0.29) is 41.9 Å². The molecule has 39 heavy (non-hydrogen) atoms. The van der Waals surface area contributed by atoms with Crippen LogP contribution in [0.25, 0.3) is 33.3 Å². The number of nitrogens with one attached hydrogen (secondary N) is 1. The van der Waals surface area contributed by atoms with Gasteiger partial charge in [0, 0.05) is 12.7 Å². The molecule has 9 heteroatoms. The van der Waals surface area contributed by atoms with Crippen molar-refractivity contribution in [1.82, 2.24) is 9.97 Å². The first-order chi connectivity index (χ1) is 19.0. The summed E-state index contributed by atoms with van der Waals surface area (Å²) in [7, 11) is 0. The highest BCUT2D eigenvalue weighted by molar-refractivity contribution is 5.84. The van der Waals surface area contributed by atoms with E-state index in [0.717, 1.165) is 30.6 Å². The summed E-state index contributed by atoms with van der Waals surface area (Å²) in [5.41, 5.74) is 3.56. The Balaban J connectivity index is 1.12. The molecule has 7 nitrogen and oxygen atoms in total. The Kier molecular flexibility index (Phi) is 6.31. The molecular formula is C30H28F2N2O5. The molecule has 4 aromatic rings. The maximum Gasteiger partial charge on any atom is 0.295 e. The summed E-state index contributed by atoms with van der Waals surface area (Å²) in [4.78, 5) is 7.08. The number of nitrogens with zero attached hydrogens (tertiary/aromatic N) is 1. The maximum absolute atomic E-state index is 15.6. The Morgan fingerprint density at radius 3 is 2.33 bits per heavy atom. The van der Waals surface area contributed by atoms with Crippen LogP contribution in [0.2, 0.25) is 0 Å². The molecule has 4 heterocycles. The lowest BCUT2D eigenvalue weighted by Crippen LogP contribution is -2.34. The molecule has 1 unspecified atom stereocenters. The molecule has 0 amide bonds. The predicted molar refractivity (Wildman–Crippen MR) is 139 cm³/mol.